The van der Waals surface area contributed by atoms with E-state index in [1.165, 1.54) is 36.1 Å². The lowest BCUT2D eigenvalue weighted by Crippen LogP contribution is -2.68. The lowest BCUT2D eigenvalue weighted by molar-refractivity contribution is -0.366. The topological polar surface area (TPSA) is 170 Å². The minimum Gasteiger partial charge on any atom is -0.396 e. The molecule has 0 spiro atoms. The van der Waals surface area contributed by atoms with E-state index in [4.69, 9.17) is 25.5 Å². The first-order valence-electron chi connectivity index (χ1n) is 23.1. The summed E-state index contributed by atoms with van der Waals surface area (Å²) >= 11 is 0. The molecular weight excluding hydrogens is 763 g/mol. The first kappa shape index (κ1) is 44.7. The molecule has 7 N–H and O–H groups in total. The highest BCUT2D eigenvalue weighted by atomic mass is 16.8. The predicted octanol–water partition coefficient (Wildman–Crippen LogP) is 5.60. The van der Waals surface area contributed by atoms with E-state index in [1.807, 2.05) is 0 Å². The molecule has 2 saturated heterocycles. The summed E-state index contributed by atoms with van der Waals surface area (Å²) in [6.07, 6.45) is -1.75. The quantitative estimate of drug-likeness (QED) is 0.116. The van der Waals surface area contributed by atoms with Gasteiger partial charge in [0.1, 0.15) is 36.6 Å². The minimum absolute atomic E-state index is 0.0463. The van der Waals surface area contributed by atoms with Crippen LogP contribution >= 0.6 is 0 Å². The molecule has 1 aromatic carbocycles. The van der Waals surface area contributed by atoms with Crippen molar-refractivity contribution in [3.8, 4) is 0 Å². The monoisotopic (exact) mass is 838 g/mol. The number of benzene rings is 1. The summed E-state index contributed by atoms with van der Waals surface area (Å²) in [4.78, 5) is 0. The lowest BCUT2D eigenvalue weighted by Gasteiger charge is -2.73. The second kappa shape index (κ2) is 16.3. The van der Waals surface area contributed by atoms with E-state index in [9.17, 15) is 30.6 Å². The van der Waals surface area contributed by atoms with Gasteiger partial charge in [-0.1, -0.05) is 76.8 Å². The van der Waals surface area contributed by atoms with Crippen molar-refractivity contribution in [2.75, 3.05) is 13.2 Å². The maximum Gasteiger partial charge on any atom is 0.187 e. The van der Waals surface area contributed by atoms with Gasteiger partial charge >= 0.3 is 0 Å². The zero-order valence-corrected chi connectivity index (χ0v) is 37.0. The average molecular weight is 838 g/mol. The lowest BCUT2D eigenvalue weighted by atomic mass is 9.32. The number of fused-ring (bicyclic) bond motifs is 7. The molecule has 20 atom stereocenters. The molecule has 11 nitrogen and oxygen atoms in total. The second-order valence-corrected chi connectivity index (χ2v) is 21.5. The van der Waals surface area contributed by atoms with Crippen molar-refractivity contribution in [3.05, 3.63) is 60.3 Å². The van der Waals surface area contributed by atoms with Crippen LogP contribution in [0, 0.1) is 56.7 Å². The molecule has 5 saturated carbocycles. The molecule has 2 aliphatic heterocycles. The highest BCUT2D eigenvalue weighted by Crippen LogP contribution is 2.78. The summed E-state index contributed by atoms with van der Waals surface area (Å²) in [6.45, 7) is 23.6. The Balaban J connectivity index is 1.03. The largest absolute Gasteiger partial charge is 0.396 e. The molecule has 60 heavy (non-hydrogen) atoms. The Kier molecular flexibility index (Phi) is 12.1. The summed E-state index contributed by atoms with van der Waals surface area (Å²) in [5.74, 6) is 2.14. The number of hydrogen-bond acceptors (Lipinski definition) is 11. The number of aliphatic hydroxyl groups excluding tert-OH is 6. The van der Waals surface area contributed by atoms with Crippen molar-refractivity contribution >= 4 is 0 Å². The van der Waals surface area contributed by atoms with Crippen LogP contribution in [-0.2, 0) is 25.5 Å². The zero-order chi connectivity index (χ0) is 43.2. The second-order valence-electron chi connectivity index (χ2n) is 21.5. The van der Waals surface area contributed by atoms with E-state index in [1.54, 1.807) is 6.92 Å². The number of nitrogens with one attached hydrogen (secondary N) is 1. The van der Waals surface area contributed by atoms with Crippen LogP contribution in [0.2, 0.25) is 0 Å². The maximum atomic E-state index is 11.5. The van der Waals surface area contributed by atoms with E-state index in [2.05, 4.69) is 76.8 Å². The molecule has 7 fully saturated rings. The van der Waals surface area contributed by atoms with Gasteiger partial charge in [-0.25, -0.2) is 0 Å². The Hall–Kier alpha value is -1.90. The summed E-state index contributed by atoms with van der Waals surface area (Å²) in [5.41, 5.74) is 3.38. The average Bonchev–Trinajstić information content (AvgIpc) is 3.64. The number of rotatable bonds is 10. The van der Waals surface area contributed by atoms with Crippen LogP contribution < -0.4 is 5.32 Å². The van der Waals surface area contributed by atoms with Crippen LogP contribution in [-0.4, -0.2) is 105 Å². The fourth-order valence-electron chi connectivity index (χ4n) is 15.3. The third-order valence-electron chi connectivity index (χ3n) is 18.9. The maximum absolute atomic E-state index is 11.5. The Morgan fingerprint density at radius 3 is 2.22 bits per heavy atom. The van der Waals surface area contributed by atoms with Crippen molar-refractivity contribution < 1.29 is 49.6 Å². The van der Waals surface area contributed by atoms with Gasteiger partial charge in [0.25, 0.3) is 0 Å². The summed E-state index contributed by atoms with van der Waals surface area (Å²) < 4.78 is 24.6. The van der Waals surface area contributed by atoms with Gasteiger partial charge in [-0.15, -0.1) is 0 Å². The molecule has 8 rings (SSSR count). The number of aliphatic hydroxyl groups is 6. The van der Waals surface area contributed by atoms with Crippen molar-refractivity contribution in [2.24, 2.45) is 56.7 Å². The molecule has 336 valence electrons. The molecule has 0 radical (unpaired) electrons. The molecule has 4 unspecified atom stereocenters. The van der Waals surface area contributed by atoms with E-state index in [0.717, 1.165) is 45.1 Å². The summed E-state index contributed by atoms with van der Waals surface area (Å²) in [7, 11) is 0. The SMILES string of the molecule is C=C(C)C1CC[C@]2(C(=C)NCc3ccccc3)CC[C@]3(C)C(CCC4[C@@]5(C)CC[C@H](O[C@@H]6OC[C@H](O)[C@H](O)[C@H]6O[C@@H]6O[C@@H](C)[C@H](O)[C@@H](O)[C@H]6O)[C@@](C)(CO)[C@@H]5CC[C@]43C)C12. The third kappa shape index (κ3) is 6.81. The minimum atomic E-state index is -1.61. The molecule has 7 aliphatic rings. The van der Waals surface area contributed by atoms with Crippen LogP contribution in [0.5, 0.6) is 0 Å². The van der Waals surface area contributed by atoms with Crippen LogP contribution in [0.15, 0.2) is 54.8 Å². The standard InChI is InChI=1S/C49H75NO10/c1-27(2)31-16-21-49(29(4)50-24-30-12-10-9-11-13-30)23-22-47(7)32(37(31)49)14-15-35-45(5)19-18-36(46(6,26-51)34(45)17-20-48(35,47)8)59-44-42(39(54)33(52)25-57-44)60-43-41(56)40(55)38(53)28(3)58-43/h9-13,28,31-44,50-56H,1,4,14-26H2,2-3,5-8H3/t28-,31?,32?,33-,34+,35?,36-,37?,38-,39-,40+,41+,42+,43-,44-,45-,46-,47+,48+,49+/m0/s1. The van der Waals surface area contributed by atoms with Gasteiger partial charge in [0.2, 0.25) is 0 Å². The van der Waals surface area contributed by atoms with E-state index in [0.29, 0.717) is 30.1 Å². The van der Waals surface area contributed by atoms with Crippen molar-refractivity contribution in [3.63, 3.8) is 0 Å². The fourth-order valence-corrected chi connectivity index (χ4v) is 15.3. The smallest absolute Gasteiger partial charge is 0.187 e. The van der Waals surface area contributed by atoms with Gasteiger partial charge in [0.05, 0.1) is 25.4 Å². The Bertz CT molecular complexity index is 1730. The third-order valence-corrected chi connectivity index (χ3v) is 18.9. The van der Waals surface area contributed by atoms with Crippen LogP contribution in [0.1, 0.15) is 111 Å². The number of ether oxygens (including phenoxy) is 4. The Morgan fingerprint density at radius 1 is 0.783 bits per heavy atom. The van der Waals surface area contributed by atoms with E-state index >= 15 is 0 Å². The van der Waals surface area contributed by atoms with Gasteiger partial charge in [-0.3, -0.25) is 0 Å². The molecule has 0 aromatic heterocycles. The Labute approximate surface area is 357 Å². The molecule has 0 bridgehead atoms. The molecule has 0 amide bonds. The van der Waals surface area contributed by atoms with Gasteiger partial charge < -0.3 is 54.9 Å². The van der Waals surface area contributed by atoms with Crippen LogP contribution in [0.25, 0.3) is 0 Å². The number of allylic oxidation sites excluding steroid dienone is 2. The highest BCUT2D eigenvalue weighted by molar-refractivity contribution is 5.28. The zero-order valence-electron chi connectivity index (χ0n) is 37.0. The first-order chi connectivity index (χ1) is 28.4. The normalized spacial score (nSPS) is 51.4. The van der Waals surface area contributed by atoms with Crippen LogP contribution in [0.4, 0.5) is 0 Å². The van der Waals surface area contributed by atoms with Crippen molar-refractivity contribution in [1.82, 2.24) is 5.32 Å². The van der Waals surface area contributed by atoms with E-state index in [-0.39, 0.29) is 40.8 Å². The van der Waals surface area contributed by atoms with Gasteiger partial charge in [-0.05, 0) is 129 Å². The molecule has 5 aliphatic carbocycles. The van der Waals surface area contributed by atoms with Crippen LogP contribution in [0.3, 0.4) is 0 Å². The van der Waals surface area contributed by atoms with Gasteiger partial charge in [0.15, 0.2) is 12.6 Å². The van der Waals surface area contributed by atoms with Crippen molar-refractivity contribution in [1.29, 1.82) is 0 Å². The summed E-state index contributed by atoms with van der Waals surface area (Å²) in [6, 6.07) is 10.6. The predicted molar refractivity (Wildman–Crippen MR) is 227 cm³/mol. The molecule has 1 aromatic rings. The molecule has 11 heteroatoms. The van der Waals surface area contributed by atoms with Gasteiger partial charge in [0, 0.05) is 23.1 Å². The molecule has 2 heterocycles. The van der Waals surface area contributed by atoms with Crippen molar-refractivity contribution in [2.45, 2.75) is 174 Å². The first-order valence-corrected chi connectivity index (χ1v) is 23.1. The number of hydrogen-bond donors (Lipinski definition) is 7. The highest BCUT2D eigenvalue weighted by Gasteiger charge is 2.72. The Morgan fingerprint density at radius 2 is 1.52 bits per heavy atom. The molecular formula is C49H75NO10. The van der Waals surface area contributed by atoms with Gasteiger partial charge in [-0.2, -0.15) is 0 Å². The summed E-state index contributed by atoms with van der Waals surface area (Å²) in [5, 5.41) is 68.6. The van der Waals surface area contributed by atoms with E-state index < -0.39 is 66.8 Å². The fraction of sp³-hybridized carbons (Fsp3) is 0.796.